The normalized spacial score (nSPS) is 14.1. The molecular formula is C22H19NO. The molecule has 0 unspecified atom stereocenters. The number of rotatable bonds is 2. The molecule has 2 nitrogen and oxygen atoms in total. The zero-order valence-electron chi connectivity index (χ0n) is 14.1. The van der Waals surface area contributed by atoms with Crippen molar-refractivity contribution in [2.75, 3.05) is 0 Å². The first kappa shape index (κ1) is 14.8. The Morgan fingerprint density at radius 1 is 0.917 bits per heavy atom. The third kappa shape index (κ3) is 2.10. The number of fused-ring (bicyclic) bond motifs is 3. The van der Waals surface area contributed by atoms with Crippen LogP contribution in [0.3, 0.4) is 0 Å². The molecule has 24 heavy (non-hydrogen) atoms. The largest absolute Gasteiger partial charge is 0.294 e. The quantitative estimate of drug-likeness (QED) is 0.604. The van der Waals surface area contributed by atoms with Gasteiger partial charge in [0.15, 0.2) is 5.78 Å². The molecule has 1 aromatic heterocycles. The number of Topliss-reactive ketones (excluding diaryl/α,β-unsaturated/α-hetero) is 1. The Labute approximate surface area is 142 Å². The molecule has 0 radical (unpaired) electrons. The topological polar surface area (TPSA) is 30.0 Å². The van der Waals surface area contributed by atoms with Crippen molar-refractivity contribution in [2.24, 2.45) is 0 Å². The molecule has 1 aliphatic carbocycles. The average molecular weight is 313 g/mol. The Morgan fingerprint density at radius 3 is 2.38 bits per heavy atom. The molecule has 3 aromatic rings. The van der Waals surface area contributed by atoms with Gasteiger partial charge in [-0.1, -0.05) is 50.2 Å². The predicted molar refractivity (Wildman–Crippen MR) is 97.2 cm³/mol. The Morgan fingerprint density at radius 2 is 1.67 bits per heavy atom. The second kappa shape index (κ2) is 5.13. The summed E-state index contributed by atoms with van der Waals surface area (Å²) >= 11 is 0. The standard InChI is InChI=1S/C22H19NO/c1-14(24)16-9-11-21(23-13-16)15-8-10-18-17-6-4-5-7-19(17)22(2,3)20(18)12-15/h4-13H,1-3H3. The number of ketones is 1. The lowest BCUT2D eigenvalue weighted by atomic mass is 9.82. The Hall–Kier alpha value is -2.74. The van der Waals surface area contributed by atoms with E-state index in [1.54, 1.807) is 13.1 Å². The molecule has 0 spiro atoms. The summed E-state index contributed by atoms with van der Waals surface area (Å²) in [7, 11) is 0. The molecule has 0 aliphatic heterocycles. The molecule has 0 saturated heterocycles. The van der Waals surface area contributed by atoms with Crippen LogP contribution in [0.4, 0.5) is 0 Å². The Kier molecular flexibility index (Phi) is 3.17. The lowest BCUT2D eigenvalue weighted by Gasteiger charge is -2.21. The van der Waals surface area contributed by atoms with Crippen molar-refractivity contribution in [3.8, 4) is 22.4 Å². The maximum atomic E-state index is 11.4. The third-order valence-electron chi connectivity index (χ3n) is 5.05. The van der Waals surface area contributed by atoms with Gasteiger partial charge in [-0.2, -0.15) is 0 Å². The van der Waals surface area contributed by atoms with Crippen molar-refractivity contribution in [3.05, 3.63) is 77.5 Å². The second-order valence-corrected chi connectivity index (χ2v) is 6.92. The Balaban J connectivity index is 1.83. The monoisotopic (exact) mass is 313 g/mol. The van der Waals surface area contributed by atoms with Gasteiger partial charge < -0.3 is 0 Å². The molecule has 2 aromatic carbocycles. The number of carbonyl (C=O) groups is 1. The summed E-state index contributed by atoms with van der Waals surface area (Å²) in [5.74, 6) is 0.0413. The second-order valence-electron chi connectivity index (χ2n) is 6.92. The van der Waals surface area contributed by atoms with Gasteiger partial charge in [0, 0.05) is 22.7 Å². The zero-order chi connectivity index (χ0) is 16.9. The lowest BCUT2D eigenvalue weighted by Crippen LogP contribution is -2.14. The first-order valence-electron chi connectivity index (χ1n) is 8.20. The van der Waals surface area contributed by atoms with E-state index in [2.05, 4.69) is 61.3 Å². The lowest BCUT2D eigenvalue weighted by molar-refractivity contribution is 0.101. The first-order chi connectivity index (χ1) is 11.5. The summed E-state index contributed by atoms with van der Waals surface area (Å²) in [6.07, 6.45) is 1.66. The van der Waals surface area contributed by atoms with Crippen LogP contribution in [0.5, 0.6) is 0 Å². The van der Waals surface area contributed by atoms with Crippen LogP contribution < -0.4 is 0 Å². The van der Waals surface area contributed by atoms with Crippen molar-refractivity contribution in [1.29, 1.82) is 0 Å². The highest BCUT2D eigenvalue weighted by Crippen LogP contribution is 2.49. The number of benzene rings is 2. The average Bonchev–Trinajstić information content (AvgIpc) is 2.83. The molecule has 1 heterocycles. The summed E-state index contributed by atoms with van der Waals surface area (Å²) in [5, 5.41) is 0. The molecule has 0 fully saturated rings. The van der Waals surface area contributed by atoms with E-state index >= 15 is 0 Å². The van der Waals surface area contributed by atoms with E-state index in [-0.39, 0.29) is 11.2 Å². The minimum atomic E-state index is -0.0126. The molecule has 4 rings (SSSR count). The summed E-state index contributed by atoms with van der Waals surface area (Å²) in [6.45, 7) is 6.10. The fourth-order valence-corrected chi connectivity index (χ4v) is 3.64. The molecular weight excluding hydrogens is 294 g/mol. The summed E-state index contributed by atoms with van der Waals surface area (Å²) in [4.78, 5) is 15.9. The van der Waals surface area contributed by atoms with Gasteiger partial charge in [0.2, 0.25) is 0 Å². The van der Waals surface area contributed by atoms with Gasteiger partial charge >= 0.3 is 0 Å². The highest BCUT2D eigenvalue weighted by Gasteiger charge is 2.35. The van der Waals surface area contributed by atoms with E-state index in [9.17, 15) is 4.79 Å². The fraction of sp³-hybridized carbons (Fsp3) is 0.182. The van der Waals surface area contributed by atoms with Crippen LogP contribution >= 0.6 is 0 Å². The van der Waals surface area contributed by atoms with Crippen LogP contribution in [0.1, 0.15) is 42.3 Å². The van der Waals surface area contributed by atoms with Crippen LogP contribution in [0, 0.1) is 0 Å². The summed E-state index contributed by atoms with van der Waals surface area (Å²) in [5.41, 5.74) is 7.95. The molecule has 0 saturated carbocycles. The smallest absolute Gasteiger partial charge is 0.161 e. The van der Waals surface area contributed by atoms with Crippen LogP contribution in [0.25, 0.3) is 22.4 Å². The number of hydrogen-bond donors (Lipinski definition) is 0. The van der Waals surface area contributed by atoms with Crippen molar-refractivity contribution < 1.29 is 4.79 Å². The molecule has 0 amide bonds. The number of nitrogens with zero attached hydrogens (tertiary/aromatic N) is 1. The van der Waals surface area contributed by atoms with Gasteiger partial charge in [-0.25, -0.2) is 0 Å². The number of aromatic nitrogens is 1. The van der Waals surface area contributed by atoms with E-state index in [0.717, 1.165) is 11.3 Å². The van der Waals surface area contributed by atoms with Gasteiger partial charge in [-0.3, -0.25) is 9.78 Å². The molecule has 2 heteroatoms. The van der Waals surface area contributed by atoms with E-state index in [1.807, 2.05) is 12.1 Å². The van der Waals surface area contributed by atoms with Crippen molar-refractivity contribution >= 4 is 5.78 Å². The van der Waals surface area contributed by atoms with E-state index in [1.165, 1.54) is 22.3 Å². The molecule has 118 valence electrons. The predicted octanol–water partition coefficient (Wildman–Crippen LogP) is 5.26. The minimum Gasteiger partial charge on any atom is -0.294 e. The zero-order valence-corrected chi connectivity index (χ0v) is 14.1. The van der Waals surface area contributed by atoms with Gasteiger partial charge in [0.05, 0.1) is 5.69 Å². The fourth-order valence-electron chi connectivity index (χ4n) is 3.64. The summed E-state index contributed by atoms with van der Waals surface area (Å²) < 4.78 is 0. The SMILES string of the molecule is CC(=O)c1ccc(-c2ccc3c(c2)C(C)(C)c2ccccc2-3)nc1. The first-order valence-corrected chi connectivity index (χ1v) is 8.20. The molecule has 0 bridgehead atoms. The van der Waals surface area contributed by atoms with Gasteiger partial charge in [-0.05, 0) is 47.4 Å². The molecule has 0 atom stereocenters. The van der Waals surface area contributed by atoms with Crippen molar-refractivity contribution in [2.45, 2.75) is 26.2 Å². The van der Waals surface area contributed by atoms with Crippen LogP contribution in [0.15, 0.2) is 60.8 Å². The van der Waals surface area contributed by atoms with Crippen LogP contribution in [0.2, 0.25) is 0 Å². The van der Waals surface area contributed by atoms with E-state index < -0.39 is 0 Å². The molecule has 0 N–H and O–H groups in total. The number of hydrogen-bond acceptors (Lipinski definition) is 2. The Bertz CT molecular complexity index is 952. The maximum absolute atomic E-state index is 11.4. The maximum Gasteiger partial charge on any atom is 0.161 e. The highest BCUT2D eigenvalue weighted by molar-refractivity contribution is 5.94. The number of pyridine rings is 1. The summed E-state index contributed by atoms with van der Waals surface area (Å²) in [6, 6.07) is 18.9. The van der Waals surface area contributed by atoms with Gasteiger partial charge in [0.25, 0.3) is 0 Å². The van der Waals surface area contributed by atoms with Crippen molar-refractivity contribution in [1.82, 2.24) is 4.98 Å². The van der Waals surface area contributed by atoms with E-state index in [0.29, 0.717) is 5.56 Å². The van der Waals surface area contributed by atoms with Gasteiger partial charge in [0.1, 0.15) is 0 Å². The third-order valence-corrected chi connectivity index (χ3v) is 5.05. The molecule has 1 aliphatic rings. The number of carbonyl (C=O) groups excluding carboxylic acids is 1. The van der Waals surface area contributed by atoms with Crippen molar-refractivity contribution in [3.63, 3.8) is 0 Å². The highest BCUT2D eigenvalue weighted by atomic mass is 16.1. The minimum absolute atomic E-state index is 0.0126. The van der Waals surface area contributed by atoms with E-state index in [4.69, 9.17) is 0 Å². The van der Waals surface area contributed by atoms with Gasteiger partial charge in [-0.15, -0.1) is 0 Å². The van der Waals surface area contributed by atoms with Crippen LogP contribution in [-0.4, -0.2) is 10.8 Å². The van der Waals surface area contributed by atoms with Crippen LogP contribution in [-0.2, 0) is 5.41 Å².